The molecule has 1 aromatic heterocycles. The number of carbonyl (C=O) groups is 3. The van der Waals surface area contributed by atoms with Gasteiger partial charge < -0.3 is 30.1 Å². The van der Waals surface area contributed by atoms with Crippen molar-refractivity contribution in [1.82, 2.24) is 20.0 Å². The summed E-state index contributed by atoms with van der Waals surface area (Å²) in [6.07, 6.45) is 0.790. The fourth-order valence-corrected chi connectivity index (χ4v) is 5.73. The van der Waals surface area contributed by atoms with Crippen LogP contribution in [0.4, 0.5) is 0 Å². The number of fused-ring (bicyclic) bond motifs is 1. The molecule has 2 aromatic carbocycles. The van der Waals surface area contributed by atoms with E-state index in [-0.39, 0.29) is 28.5 Å². The zero-order chi connectivity index (χ0) is 28.2. The summed E-state index contributed by atoms with van der Waals surface area (Å²) in [7, 11) is 1.62. The van der Waals surface area contributed by atoms with Crippen LogP contribution in [0.25, 0.3) is 0 Å². The average molecular weight is 565 g/mol. The molecule has 0 unspecified atom stereocenters. The minimum absolute atomic E-state index is 0.0404. The van der Waals surface area contributed by atoms with E-state index in [1.807, 2.05) is 35.7 Å². The zero-order valence-electron chi connectivity index (χ0n) is 22.3. The van der Waals surface area contributed by atoms with Crippen LogP contribution in [0.15, 0.2) is 47.8 Å². The highest BCUT2D eigenvalue weighted by Crippen LogP contribution is 2.33. The van der Waals surface area contributed by atoms with Gasteiger partial charge in [0.25, 0.3) is 11.8 Å². The Hall–Kier alpha value is -4.09. The summed E-state index contributed by atoms with van der Waals surface area (Å²) < 4.78 is 5.92. The van der Waals surface area contributed by atoms with Gasteiger partial charge in [0, 0.05) is 50.7 Å². The molecule has 11 heteroatoms. The third-order valence-corrected chi connectivity index (χ3v) is 7.95. The lowest BCUT2D eigenvalue weighted by Gasteiger charge is -2.26. The Bertz CT molecular complexity index is 1410. The van der Waals surface area contributed by atoms with Gasteiger partial charge in [-0.25, -0.2) is 0 Å². The fraction of sp³-hybridized carbons (Fsp3) is 0.345. The Labute approximate surface area is 236 Å². The Balaban J connectivity index is 1.20. The van der Waals surface area contributed by atoms with Gasteiger partial charge in [-0.05, 0) is 47.2 Å². The molecule has 1 saturated heterocycles. The van der Waals surface area contributed by atoms with Gasteiger partial charge in [0.1, 0.15) is 17.2 Å². The van der Waals surface area contributed by atoms with E-state index in [9.17, 15) is 24.6 Å². The summed E-state index contributed by atoms with van der Waals surface area (Å²) in [5, 5.41) is 25.6. The first-order chi connectivity index (χ1) is 19.3. The molecule has 10 nitrogen and oxygen atoms in total. The summed E-state index contributed by atoms with van der Waals surface area (Å²) in [6, 6.07) is 11.8. The van der Waals surface area contributed by atoms with Gasteiger partial charge in [0.05, 0.1) is 30.8 Å². The maximum absolute atomic E-state index is 13.4. The predicted molar refractivity (Wildman–Crippen MR) is 149 cm³/mol. The number of amides is 3. The molecule has 0 saturated carbocycles. The highest BCUT2D eigenvalue weighted by atomic mass is 32.1. The van der Waals surface area contributed by atoms with Gasteiger partial charge in [0.15, 0.2) is 0 Å². The van der Waals surface area contributed by atoms with Crippen LogP contribution in [0, 0.1) is 0 Å². The molecule has 1 fully saturated rings. The summed E-state index contributed by atoms with van der Waals surface area (Å²) in [4.78, 5) is 44.1. The molecule has 0 atom stereocenters. The van der Waals surface area contributed by atoms with Crippen LogP contribution in [0.1, 0.15) is 43.1 Å². The maximum Gasteiger partial charge on any atom is 0.258 e. The Morgan fingerprint density at radius 1 is 1.05 bits per heavy atom. The van der Waals surface area contributed by atoms with E-state index in [4.69, 9.17) is 4.74 Å². The van der Waals surface area contributed by atoms with Gasteiger partial charge >= 0.3 is 0 Å². The molecule has 2 aliphatic heterocycles. The molecule has 3 heterocycles. The van der Waals surface area contributed by atoms with Crippen molar-refractivity contribution in [2.24, 2.45) is 0 Å². The van der Waals surface area contributed by atoms with Crippen molar-refractivity contribution in [3.63, 3.8) is 0 Å². The number of aromatic hydroxyl groups is 2. The summed E-state index contributed by atoms with van der Waals surface area (Å²) in [6.45, 7) is 4.27. The smallest absolute Gasteiger partial charge is 0.258 e. The van der Waals surface area contributed by atoms with Gasteiger partial charge in [-0.15, -0.1) is 11.3 Å². The van der Waals surface area contributed by atoms with Crippen molar-refractivity contribution in [2.75, 3.05) is 39.8 Å². The largest absolute Gasteiger partial charge is 0.507 e. The van der Waals surface area contributed by atoms with Crippen molar-refractivity contribution >= 4 is 29.1 Å². The number of thiophene rings is 1. The molecule has 5 rings (SSSR count). The first-order valence-electron chi connectivity index (χ1n) is 13.1. The lowest BCUT2D eigenvalue weighted by molar-refractivity contribution is -0.124. The molecule has 3 N–H and O–H groups in total. The molecule has 40 heavy (non-hydrogen) atoms. The highest BCUT2D eigenvalue weighted by molar-refractivity contribution is 7.09. The number of rotatable bonds is 9. The minimum Gasteiger partial charge on any atom is -0.507 e. The number of hydrogen-bond acceptors (Lipinski definition) is 8. The molecular formula is C29H32N4O6S. The Morgan fingerprint density at radius 3 is 2.62 bits per heavy atom. The van der Waals surface area contributed by atoms with Crippen LogP contribution in [0.5, 0.6) is 17.2 Å². The number of nitrogens with zero attached hydrogens (tertiary/aromatic N) is 3. The van der Waals surface area contributed by atoms with Gasteiger partial charge in [-0.1, -0.05) is 12.1 Å². The average Bonchev–Trinajstić information content (AvgIpc) is 3.60. The normalized spacial score (nSPS) is 15.0. The number of phenols is 2. The van der Waals surface area contributed by atoms with Crippen molar-refractivity contribution in [3.05, 3.63) is 75.0 Å². The summed E-state index contributed by atoms with van der Waals surface area (Å²) >= 11 is 1.52. The molecule has 3 aromatic rings. The summed E-state index contributed by atoms with van der Waals surface area (Å²) in [5.41, 5.74) is 1.84. The van der Waals surface area contributed by atoms with E-state index < -0.39 is 11.8 Å². The van der Waals surface area contributed by atoms with E-state index in [1.165, 1.54) is 22.3 Å². The van der Waals surface area contributed by atoms with Crippen LogP contribution in [0.2, 0.25) is 0 Å². The number of piperazine rings is 1. The van der Waals surface area contributed by atoms with E-state index in [0.717, 1.165) is 41.6 Å². The number of benzene rings is 2. The fourth-order valence-electron chi connectivity index (χ4n) is 4.97. The number of phenolic OH excluding ortho intramolecular Hbond substituents is 2. The summed E-state index contributed by atoms with van der Waals surface area (Å²) in [5.74, 6) is -0.890. The van der Waals surface area contributed by atoms with Gasteiger partial charge in [-0.3, -0.25) is 19.3 Å². The Kier molecular flexibility index (Phi) is 8.22. The molecule has 0 spiro atoms. The van der Waals surface area contributed by atoms with Crippen LogP contribution in [-0.4, -0.2) is 82.5 Å². The van der Waals surface area contributed by atoms with E-state index in [2.05, 4.69) is 10.2 Å². The lowest BCUT2D eigenvalue weighted by atomic mass is 10.1. The maximum atomic E-state index is 13.4. The number of ether oxygens (including phenoxy) is 1. The zero-order valence-corrected chi connectivity index (χ0v) is 23.1. The van der Waals surface area contributed by atoms with Crippen molar-refractivity contribution in [1.29, 1.82) is 0 Å². The third-order valence-electron chi connectivity index (χ3n) is 7.09. The molecule has 0 radical (unpaired) electrons. The quantitative estimate of drug-likeness (QED) is 0.342. The molecular weight excluding hydrogens is 532 g/mol. The first kappa shape index (κ1) is 27.5. The van der Waals surface area contributed by atoms with E-state index >= 15 is 0 Å². The van der Waals surface area contributed by atoms with Crippen molar-refractivity contribution < 1.29 is 29.3 Å². The topological polar surface area (TPSA) is 123 Å². The van der Waals surface area contributed by atoms with Crippen LogP contribution < -0.4 is 10.1 Å². The molecule has 0 bridgehead atoms. The van der Waals surface area contributed by atoms with Gasteiger partial charge in [-0.2, -0.15) is 0 Å². The molecule has 3 amide bonds. The SMILES string of the molecule is CN(Cc1cccs1)C(=O)c1cc(C(=O)N2Cc3ccc(OCCCN4CCNC(=O)C4)cc3C2)c(O)cc1O. The minimum atomic E-state index is -0.449. The van der Waals surface area contributed by atoms with Gasteiger partial charge in [0.2, 0.25) is 5.91 Å². The first-order valence-corrected chi connectivity index (χ1v) is 14.0. The van der Waals surface area contributed by atoms with E-state index in [0.29, 0.717) is 45.1 Å². The predicted octanol–water partition coefficient (Wildman–Crippen LogP) is 2.79. The molecule has 0 aliphatic carbocycles. The third kappa shape index (κ3) is 6.21. The monoisotopic (exact) mass is 564 g/mol. The van der Waals surface area contributed by atoms with Crippen molar-refractivity contribution in [3.8, 4) is 17.2 Å². The number of carbonyl (C=O) groups excluding carboxylic acids is 3. The molecule has 210 valence electrons. The van der Waals surface area contributed by atoms with Crippen LogP contribution >= 0.6 is 11.3 Å². The van der Waals surface area contributed by atoms with Crippen LogP contribution in [0.3, 0.4) is 0 Å². The van der Waals surface area contributed by atoms with Crippen molar-refractivity contribution in [2.45, 2.75) is 26.1 Å². The molecule has 2 aliphatic rings. The number of hydrogen-bond donors (Lipinski definition) is 3. The standard InChI is InChI=1S/C29H32N4O6S/c1-31(17-22-4-2-11-40-22)28(37)23-13-24(26(35)14-25(23)34)29(38)33-15-19-5-6-21(12-20(19)16-33)39-10-3-8-32-9-7-30-27(36)18-32/h2,4-6,11-14,34-35H,3,7-10,15-18H2,1H3,(H,30,36). The second-order valence-corrected chi connectivity index (χ2v) is 11.1. The number of nitrogens with one attached hydrogen (secondary N) is 1. The van der Waals surface area contributed by atoms with Crippen LogP contribution in [-0.2, 0) is 24.4 Å². The highest BCUT2D eigenvalue weighted by Gasteiger charge is 2.29. The second-order valence-electron chi connectivity index (χ2n) is 10.0. The lowest BCUT2D eigenvalue weighted by Crippen LogP contribution is -2.47. The van der Waals surface area contributed by atoms with E-state index in [1.54, 1.807) is 11.9 Å². The second kappa shape index (κ2) is 12.0. The Morgan fingerprint density at radius 2 is 1.85 bits per heavy atom.